The van der Waals surface area contributed by atoms with Crippen LogP contribution in [0.25, 0.3) is 0 Å². The molecule has 0 bridgehead atoms. The van der Waals surface area contributed by atoms with Gasteiger partial charge in [0, 0.05) is 13.1 Å². The van der Waals surface area contributed by atoms with Crippen LogP contribution in [0, 0.1) is 6.92 Å². The van der Waals surface area contributed by atoms with Crippen LogP contribution in [0.4, 0.5) is 0 Å². The molecule has 0 N–H and O–H groups in total. The molecule has 1 fully saturated rings. The fourth-order valence-corrected chi connectivity index (χ4v) is 4.02. The molecule has 0 aliphatic carbocycles. The lowest BCUT2D eigenvalue weighted by Gasteiger charge is -2.40. The van der Waals surface area contributed by atoms with E-state index < -0.39 is 0 Å². The van der Waals surface area contributed by atoms with Crippen molar-refractivity contribution in [3.05, 3.63) is 22.5 Å². The van der Waals surface area contributed by atoms with E-state index in [-0.39, 0.29) is 18.1 Å². The zero-order chi connectivity index (χ0) is 16.0. The Kier molecular flexibility index (Phi) is 3.53. The van der Waals surface area contributed by atoms with E-state index in [1.54, 1.807) is 13.3 Å². The lowest BCUT2D eigenvalue weighted by atomic mass is 10.00. The number of hydrogen-bond donors (Lipinski definition) is 0. The summed E-state index contributed by atoms with van der Waals surface area (Å²) in [6.45, 7) is 3.55. The number of likely N-dealkylation sites (tertiary alicyclic amines) is 1. The molecule has 0 radical (unpaired) electrons. The van der Waals surface area contributed by atoms with Crippen LogP contribution >= 0.6 is 11.3 Å². The third-order valence-corrected chi connectivity index (χ3v) is 5.47. The van der Waals surface area contributed by atoms with Gasteiger partial charge in [-0.1, -0.05) is 16.6 Å². The van der Waals surface area contributed by atoms with Crippen molar-refractivity contribution in [2.24, 2.45) is 0 Å². The maximum Gasteiger partial charge on any atom is 0.273 e. The van der Waals surface area contributed by atoms with Crippen LogP contribution in [0.1, 0.15) is 33.5 Å². The van der Waals surface area contributed by atoms with Crippen molar-refractivity contribution in [2.75, 3.05) is 20.2 Å². The normalized spacial score (nSPS) is 23.3. The van der Waals surface area contributed by atoms with Gasteiger partial charge in [-0.05, 0) is 13.3 Å². The maximum absolute atomic E-state index is 12.8. The first-order valence-corrected chi connectivity index (χ1v) is 8.30. The van der Waals surface area contributed by atoms with Crippen molar-refractivity contribution < 1.29 is 14.3 Å². The monoisotopic (exact) mass is 335 g/mol. The second-order valence-electron chi connectivity index (χ2n) is 5.72. The molecule has 0 saturated carbocycles. The van der Waals surface area contributed by atoms with Gasteiger partial charge in [-0.15, -0.1) is 5.10 Å². The Hall–Kier alpha value is -2.00. The summed E-state index contributed by atoms with van der Waals surface area (Å²) < 4.78 is 13.0. The van der Waals surface area contributed by atoms with Crippen LogP contribution in [0.15, 0.2) is 6.20 Å². The minimum absolute atomic E-state index is 0.00487. The zero-order valence-corrected chi connectivity index (χ0v) is 13.7. The average Bonchev–Trinajstić information content (AvgIpc) is 3.19. The van der Waals surface area contributed by atoms with Gasteiger partial charge < -0.3 is 14.4 Å². The van der Waals surface area contributed by atoms with E-state index in [4.69, 9.17) is 9.47 Å². The van der Waals surface area contributed by atoms with Gasteiger partial charge in [0.05, 0.1) is 43.4 Å². The maximum atomic E-state index is 12.8. The van der Waals surface area contributed by atoms with Crippen LogP contribution in [-0.4, -0.2) is 57.1 Å². The molecule has 2 aromatic rings. The highest BCUT2D eigenvalue weighted by Gasteiger charge is 2.38. The van der Waals surface area contributed by atoms with Crippen LogP contribution in [-0.2, 0) is 11.3 Å². The number of carbonyl (C=O) groups is 1. The van der Waals surface area contributed by atoms with E-state index in [1.807, 2.05) is 16.5 Å². The molecule has 122 valence electrons. The number of aromatic nitrogens is 4. The van der Waals surface area contributed by atoms with Gasteiger partial charge in [0.2, 0.25) is 0 Å². The Morgan fingerprint density at radius 2 is 2.39 bits per heavy atom. The quantitative estimate of drug-likeness (QED) is 0.815. The van der Waals surface area contributed by atoms with Crippen LogP contribution in [0.5, 0.6) is 5.19 Å². The molecule has 1 amide bonds. The van der Waals surface area contributed by atoms with Gasteiger partial charge in [0.1, 0.15) is 4.88 Å². The summed E-state index contributed by atoms with van der Waals surface area (Å²) in [4.78, 5) is 19.5. The van der Waals surface area contributed by atoms with E-state index >= 15 is 0 Å². The fraction of sp³-hybridized carbons (Fsp3) is 0.571. The van der Waals surface area contributed by atoms with Crippen molar-refractivity contribution in [3.63, 3.8) is 0 Å². The highest BCUT2D eigenvalue weighted by atomic mass is 32.1. The Bertz CT molecular complexity index is 743. The Morgan fingerprint density at radius 1 is 1.52 bits per heavy atom. The number of aryl methyl sites for hydroxylation is 1. The zero-order valence-electron chi connectivity index (χ0n) is 12.9. The van der Waals surface area contributed by atoms with Gasteiger partial charge in [0.15, 0.2) is 0 Å². The smallest absolute Gasteiger partial charge is 0.273 e. The first-order valence-electron chi connectivity index (χ1n) is 7.48. The molecular weight excluding hydrogens is 318 g/mol. The number of methoxy groups -OCH3 is 1. The predicted molar refractivity (Wildman–Crippen MR) is 81.6 cm³/mol. The van der Waals surface area contributed by atoms with Gasteiger partial charge in [0.25, 0.3) is 11.1 Å². The van der Waals surface area contributed by atoms with E-state index in [0.29, 0.717) is 35.5 Å². The number of piperidine rings is 1. The molecule has 2 aliphatic rings. The minimum Gasteiger partial charge on any atom is -0.473 e. The first kappa shape index (κ1) is 14.6. The van der Waals surface area contributed by atoms with Crippen molar-refractivity contribution in [1.82, 2.24) is 24.9 Å². The summed E-state index contributed by atoms with van der Waals surface area (Å²) in [5.41, 5.74) is 1.70. The van der Waals surface area contributed by atoms with Crippen LogP contribution in [0.3, 0.4) is 0 Å². The highest BCUT2D eigenvalue weighted by Crippen LogP contribution is 2.32. The second-order valence-corrected chi connectivity index (χ2v) is 6.69. The highest BCUT2D eigenvalue weighted by molar-refractivity contribution is 7.15. The molecule has 0 spiro atoms. The molecule has 4 rings (SSSR count). The summed E-state index contributed by atoms with van der Waals surface area (Å²) in [5, 5.41) is 8.62. The molecule has 23 heavy (non-hydrogen) atoms. The lowest BCUT2D eigenvalue weighted by molar-refractivity contribution is -0.0627. The van der Waals surface area contributed by atoms with Crippen molar-refractivity contribution in [3.8, 4) is 5.19 Å². The summed E-state index contributed by atoms with van der Waals surface area (Å²) in [5.74, 6) is -0.00487. The number of rotatable bonds is 2. The van der Waals surface area contributed by atoms with Gasteiger partial charge in [-0.2, -0.15) is 0 Å². The molecule has 4 heterocycles. The number of thiazole rings is 1. The fourth-order valence-electron chi connectivity index (χ4n) is 3.17. The molecule has 2 aliphatic heterocycles. The summed E-state index contributed by atoms with van der Waals surface area (Å²) in [6.07, 6.45) is 2.50. The number of nitrogens with zero attached hydrogens (tertiary/aromatic N) is 5. The number of fused-ring (bicyclic) bond motifs is 3. The molecule has 8 nitrogen and oxygen atoms in total. The molecule has 2 unspecified atom stereocenters. The molecule has 2 aromatic heterocycles. The van der Waals surface area contributed by atoms with Gasteiger partial charge in [-0.3, -0.25) is 4.79 Å². The largest absolute Gasteiger partial charge is 0.473 e. The lowest BCUT2D eigenvalue weighted by Crippen LogP contribution is -2.50. The van der Waals surface area contributed by atoms with Gasteiger partial charge >= 0.3 is 0 Å². The Morgan fingerprint density at radius 3 is 3.17 bits per heavy atom. The molecule has 0 aromatic carbocycles. The van der Waals surface area contributed by atoms with E-state index in [9.17, 15) is 4.79 Å². The van der Waals surface area contributed by atoms with E-state index in [1.165, 1.54) is 11.3 Å². The van der Waals surface area contributed by atoms with E-state index in [0.717, 1.165) is 12.1 Å². The topological polar surface area (TPSA) is 82.4 Å². The predicted octanol–water partition coefficient (Wildman–Crippen LogP) is 1.04. The minimum atomic E-state index is -0.0444. The van der Waals surface area contributed by atoms with Crippen LogP contribution < -0.4 is 4.74 Å². The molecule has 2 atom stereocenters. The Balaban J connectivity index is 1.52. The first-order chi connectivity index (χ1) is 11.2. The Labute approximate surface area is 137 Å². The summed E-state index contributed by atoms with van der Waals surface area (Å²) in [7, 11) is 1.56. The average molecular weight is 335 g/mol. The third kappa shape index (κ3) is 2.40. The summed E-state index contributed by atoms with van der Waals surface area (Å²) >= 11 is 1.29. The third-order valence-electron chi connectivity index (χ3n) is 4.37. The van der Waals surface area contributed by atoms with Crippen molar-refractivity contribution in [2.45, 2.75) is 32.1 Å². The van der Waals surface area contributed by atoms with E-state index in [2.05, 4.69) is 15.3 Å². The number of hydrogen-bond acceptors (Lipinski definition) is 7. The SMILES string of the molecule is COc1nc(C)c(C(=O)N2CCC3C(C2)OCc2cnnn23)s1. The standard InChI is InChI=1S/C14H17N5O3S/c1-8-12(23-14(16-8)21-2)13(20)18-4-3-10-11(6-18)22-7-9-5-15-17-19(9)10/h5,10-11H,3-4,6-7H2,1-2H3. The van der Waals surface area contributed by atoms with Crippen molar-refractivity contribution in [1.29, 1.82) is 0 Å². The molecule has 9 heteroatoms. The number of ether oxygens (including phenoxy) is 2. The number of amides is 1. The van der Waals surface area contributed by atoms with Gasteiger partial charge in [-0.25, -0.2) is 9.67 Å². The van der Waals surface area contributed by atoms with Crippen LogP contribution in [0.2, 0.25) is 0 Å². The van der Waals surface area contributed by atoms with Crippen molar-refractivity contribution >= 4 is 17.2 Å². The molecular formula is C14H17N5O3S. The number of carbonyl (C=O) groups excluding carboxylic acids is 1. The second kappa shape index (κ2) is 5.57. The summed E-state index contributed by atoms with van der Waals surface area (Å²) in [6, 6.07) is 0.155. The molecule has 1 saturated heterocycles.